The Balaban J connectivity index is 1.85. The van der Waals surface area contributed by atoms with Crippen LogP contribution in [0.25, 0.3) is 11.0 Å². The molecule has 22 heavy (non-hydrogen) atoms. The minimum absolute atomic E-state index is 0.464. The first-order chi connectivity index (χ1) is 10.5. The van der Waals surface area contributed by atoms with Crippen LogP contribution < -0.4 is 4.84 Å². The second-order valence-corrected chi connectivity index (χ2v) is 4.79. The number of nitrogens with zero attached hydrogens (tertiary/aromatic N) is 3. The van der Waals surface area contributed by atoms with E-state index in [0.29, 0.717) is 11.0 Å². The summed E-state index contributed by atoms with van der Waals surface area (Å²) in [6.07, 6.45) is -8.45. The molecule has 10 nitrogen and oxygen atoms in total. The standard InChI is InChI=1S/C12H13N3O7/c16-7-8(17)10(11(19)20)21-12(9(7)18)22-15-6-4-2-1-3-5(6)13-14-15/h1-4,7-10,12,16-18H,(H,19,20)/t7-,8-,9+,10-,12-/m0/s1. The van der Waals surface area contributed by atoms with Crippen LogP contribution in [0.4, 0.5) is 0 Å². The van der Waals surface area contributed by atoms with Crippen molar-refractivity contribution in [1.29, 1.82) is 0 Å². The van der Waals surface area contributed by atoms with Crippen molar-refractivity contribution in [3.8, 4) is 0 Å². The van der Waals surface area contributed by atoms with E-state index in [0.717, 1.165) is 4.85 Å². The van der Waals surface area contributed by atoms with Gasteiger partial charge in [-0.25, -0.2) is 4.79 Å². The van der Waals surface area contributed by atoms with Gasteiger partial charge in [-0.1, -0.05) is 17.0 Å². The zero-order valence-electron chi connectivity index (χ0n) is 11.1. The maximum Gasteiger partial charge on any atom is 0.335 e. The van der Waals surface area contributed by atoms with E-state index in [-0.39, 0.29) is 0 Å². The van der Waals surface area contributed by atoms with Gasteiger partial charge in [-0.2, -0.15) is 0 Å². The molecule has 1 aliphatic heterocycles. The van der Waals surface area contributed by atoms with Crippen molar-refractivity contribution in [3.05, 3.63) is 24.3 Å². The number of carbonyl (C=O) groups is 1. The highest BCUT2D eigenvalue weighted by atomic mass is 16.8. The first kappa shape index (κ1) is 14.7. The molecule has 0 spiro atoms. The van der Waals surface area contributed by atoms with E-state index in [2.05, 4.69) is 10.3 Å². The first-order valence-electron chi connectivity index (χ1n) is 6.39. The van der Waals surface area contributed by atoms with E-state index in [4.69, 9.17) is 14.7 Å². The molecular formula is C12H13N3O7. The lowest BCUT2D eigenvalue weighted by atomic mass is 9.99. The predicted octanol–water partition coefficient (Wildman–Crippen LogP) is -2.25. The third-order valence-corrected chi connectivity index (χ3v) is 3.34. The quantitative estimate of drug-likeness (QED) is 0.493. The van der Waals surface area contributed by atoms with Crippen LogP contribution >= 0.6 is 0 Å². The van der Waals surface area contributed by atoms with E-state index >= 15 is 0 Å². The van der Waals surface area contributed by atoms with Gasteiger partial charge in [0.25, 0.3) is 6.29 Å². The molecule has 0 radical (unpaired) electrons. The highest BCUT2D eigenvalue weighted by Gasteiger charge is 2.48. The molecule has 1 aliphatic rings. The molecule has 3 rings (SSSR count). The summed E-state index contributed by atoms with van der Waals surface area (Å²) in [5.74, 6) is -1.49. The number of benzene rings is 1. The van der Waals surface area contributed by atoms with E-state index < -0.39 is 36.7 Å². The molecular weight excluding hydrogens is 298 g/mol. The summed E-state index contributed by atoms with van der Waals surface area (Å²) in [4.78, 5) is 17.2. The molecule has 2 aromatic rings. The third kappa shape index (κ3) is 2.37. The predicted molar refractivity (Wildman–Crippen MR) is 68.4 cm³/mol. The lowest BCUT2D eigenvalue weighted by Crippen LogP contribution is -2.62. The maximum atomic E-state index is 11.0. The molecule has 0 aliphatic carbocycles. The number of aromatic nitrogens is 3. The van der Waals surface area contributed by atoms with Gasteiger partial charge >= 0.3 is 5.97 Å². The average molecular weight is 311 g/mol. The highest BCUT2D eigenvalue weighted by molar-refractivity contribution is 5.74. The van der Waals surface area contributed by atoms with Gasteiger partial charge in [0.1, 0.15) is 29.3 Å². The van der Waals surface area contributed by atoms with Crippen molar-refractivity contribution in [1.82, 2.24) is 15.2 Å². The van der Waals surface area contributed by atoms with Crippen molar-refractivity contribution in [3.63, 3.8) is 0 Å². The van der Waals surface area contributed by atoms with Crippen molar-refractivity contribution in [2.24, 2.45) is 0 Å². The molecule has 1 fully saturated rings. The number of para-hydroxylation sites is 1. The molecule has 5 atom stereocenters. The van der Waals surface area contributed by atoms with E-state index in [1.54, 1.807) is 24.3 Å². The lowest BCUT2D eigenvalue weighted by Gasteiger charge is -2.37. The molecule has 0 bridgehead atoms. The average Bonchev–Trinajstić information content (AvgIpc) is 2.91. The second-order valence-electron chi connectivity index (χ2n) is 4.79. The number of rotatable bonds is 3. The Bertz CT molecular complexity index is 690. The number of carboxylic acid groups (broad SMARTS) is 1. The zero-order chi connectivity index (χ0) is 15.9. The molecule has 1 aromatic heterocycles. The maximum absolute atomic E-state index is 11.0. The van der Waals surface area contributed by atoms with Gasteiger partial charge in [0, 0.05) is 0 Å². The van der Waals surface area contributed by atoms with E-state index in [1.807, 2.05) is 0 Å². The molecule has 2 heterocycles. The molecule has 0 amide bonds. The fourth-order valence-corrected chi connectivity index (χ4v) is 2.16. The van der Waals surface area contributed by atoms with Crippen LogP contribution in [-0.4, -0.2) is 72.3 Å². The largest absolute Gasteiger partial charge is 0.479 e. The normalized spacial score (nSPS) is 32.0. The zero-order valence-corrected chi connectivity index (χ0v) is 11.1. The summed E-state index contributed by atoms with van der Waals surface area (Å²) < 4.78 is 4.99. The summed E-state index contributed by atoms with van der Waals surface area (Å²) in [6.45, 7) is 0. The van der Waals surface area contributed by atoms with Crippen LogP contribution in [0.3, 0.4) is 0 Å². The van der Waals surface area contributed by atoms with Gasteiger partial charge in [-0.05, 0) is 17.3 Å². The SMILES string of the molecule is O=C(O)[C@H]1O[C@@H](On2nnc3ccccc32)[C@H](O)[C@@H](O)[C@@H]1O. The number of aliphatic hydroxyl groups is 3. The van der Waals surface area contributed by atoms with Gasteiger partial charge in [-0.15, -0.1) is 5.10 Å². The monoisotopic (exact) mass is 311 g/mol. The third-order valence-electron chi connectivity index (χ3n) is 3.34. The smallest absolute Gasteiger partial charge is 0.335 e. The van der Waals surface area contributed by atoms with Crippen LogP contribution in [0, 0.1) is 0 Å². The highest BCUT2D eigenvalue weighted by Crippen LogP contribution is 2.21. The Labute approximate surface area is 123 Å². The molecule has 4 N–H and O–H groups in total. The Morgan fingerprint density at radius 2 is 1.91 bits per heavy atom. The Kier molecular flexibility index (Phi) is 3.66. The van der Waals surface area contributed by atoms with Crippen LogP contribution in [-0.2, 0) is 9.53 Å². The van der Waals surface area contributed by atoms with E-state index in [9.17, 15) is 20.1 Å². The Hall–Kier alpha value is -2.27. The molecule has 10 heteroatoms. The van der Waals surface area contributed by atoms with Crippen molar-refractivity contribution in [2.45, 2.75) is 30.7 Å². The molecule has 1 saturated heterocycles. The topological polar surface area (TPSA) is 147 Å². The summed E-state index contributed by atoms with van der Waals surface area (Å²) in [5, 5.41) is 45.6. The fourth-order valence-electron chi connectivity index (χ4n) is 2.16. The summed E-state index contributed by atoms with van der Waals surface area (Å²) in [7, 11) is 0. The first-order valence-corrected chi connectivity index (χ1v) is 6.39. The summed E-state index contributed by atoms with van der Waals surface area (Å²) in [5.41, 5.74) is 0.981. The molecule has 0 saturated carbocycles. The van der Waals surface area contributed by atoms with Crippen molar-refractivity contribution >= 4 is 17.0 Å². The van der Waals surface area contributed by atoms with Crippen LogP contribution in [0.5, 0.6) is 0 Å². The molecule has 118 valence electrons. The van der Waals surface area contributed by atoms with Gasteiger partial charge in [0.2, 0.25) is 0 Å². The van der Waals surface area contributed by atoms with Gasteiger partial charge in [-0.3, -0.25) is 0 Å². The minimum atomic E-state index is -1.78. The number of hydrogen-bond donors (Lipinski definition) is 4. The lowest BCUT2D eigenvalue weighted by molar-refractivity contribution is -0.295. The second kappa shape index (κ2) is 5.50. The number of ether oxygens (including phenoxy) is 1. The minimum Gasteiger partial charge on any atom is -0.479 e. The number of carboxylic acids is 1. The van der Waals surface area contributed by atoms with Gasteiger partial charge < -0.3 is 30.0 Å². The Morgan fingerprint density at radius 3 is 2.64 bits per heavy atom. The number of fused-ring (bicyclic) bond motifs is 1. The van der Waals surface area contributed by atoms with Gasteiger partial charge in [0.05, 0.1) is 0 Å². The van der Waals surface area contributed by atoms with Crippen molar-refractivity contribution < 1.29 is 34.8 Å². The van der Waals surface area contributed by atoms with E-state index in [1.165, 1.54) is 0 Å². The summed E-state index contributed by atoms with van der Waals surface area (Å²) in [6, 6.07) is 6.78. The van der Waals surface area contributed by atoms with Crippen molar-refractivity contribution in [2.75, 3.05) is 0 Å². The molecule has 0 unspecified atom stereocenters. The van der Waals surface area contributed by atoms with Crippen LogP contribution in [0.15, 0.2) is 24.3 Å². The van der Waals surface area contributed by atoms with Gasteiger partial charge in [0.15, 0.2) is 6.10 Å². The Morgan fingerprint density at radius 1 is 1.18 bits per heavy atom. The molecule has 1 aromatic carbocycles. The number of aliphatic carboxylic acids is 1. The number of hydrogen-bond acceptors (Lipinski definition) is 8. The fraction of sp³-hybridized carbons (Fsp3) is 0.417. The van der Waals surface area contributed by atoms with Crippen LogP contribution in [0.1, 0.15) is 0 Å². The van der Waals surface area contributed by atoms with Crippen LogP contribution in [0.2, 0.25) is 0 Å². The number of aliphatic hydroxyl groups excluding tert-OH is 3. The summed E-state index contributed by atoms with van der Waals surface area (Å²) >= 11 is 0.